The second kappa shape index (κ2) is 18.0. The average molecular weight is 520 g/mol. The lowest BCUT2D eigenvalue weighted by molar-refractivity contribution is -0.142. The number of hydrogen-bond donors (Lipinski definition) is 7. The van der Waals surface area contributed by atoms with E-state index in [-0.39, 0.29) is 25.2 Å². The third-order valence-electron chi connectivity index (χ3n) is 5.15. The van der Waals surface area contributed by atoms with Gasteiger partial charge in [0.15, 0.2) is 0 Å². The van der Waals surface area contributed by atoms with Crippen molar-refractivity contribution in [2.24, 2.45) is 17.4 Å². The van der Waals surface area contributed by atoms with Crippen LogP contribution in [0.4, 0.5) is 0 Å². The number of carbonyl (C=O) groups excluding carboxylic acids is 3. The molecule has 0 aromatic carbocycles. The first kappa shape index (κ1) is 32.6. The number of carboxylic acids is 2. The van der Waals surface area contributed by atoms with Gasteiger partial charge in [-0.3, -0.25) is 19.2 Å². The monoisotopic (exact) mass is 519 g/mol. The van der Waals surface area contributed by atoms with Crippen LogP contribution in [0.25, 0.3) is 0 Å². The predicted molar refractivity (Wildman–Crippen MR) is 134 cm³/mol. The number of amides is 3. The molecular formula is C22H41N5O7S. The highest BCUT2D eigenvalue weighted by Crippen LogP contribution is 2.08. The Labute approximate surface area is 210 Å². The Morgan fingerprint density at radius 2 is 1.37 bits per heavy atom. The fourth-order valence-corrected chi connectivity index (χ4v) is 3.70. The van der Waals surface area contributed by atoms with Crippen LogP contribution < -0.4 is 27.4 Å². The third kappa shape index (κ3) is 14.6. The van der Waals surface area contributed by atoms with Gasteiger partial charge >= 0.3 is 11.9 Å². The van der Waals surface area contributed by atoms with Crippen LogP contribution in [-0.2, 0) is 24.0 Å². The molecule has 0 aromatic rings. The molecule has 0 aliphatic carbocycles. The molecule has 13 heteroatoms. The van der Waals surface area contributed by atoms with Crippen molar-refractivity contribution in [2.45, 2.75) is 83.0 Å². The van der Waals surface area contributed by atoms with Gasteiger partial charge in [0, 0.05) is 6.42 Å². The van der Waals surface area contributed by atoms with Crippen LogP contribution in [0.5, 0.6) is 0 Å². The summed E-state index contributed by atoms with van der Waals surface area (Å²) in [4.78, 5) is 60.9. The van der Waals surface area contributed by atoms with Crippen LogP contribution in [0, 0.1) is 5.92 Å². The molecule has 0 saturated carbocycles. The number of hydrogen-bond acceptors (Lipinski definition) is 8. The van der Waals surface area contributed by atoms with Crippen LogP contribution in [0.1, 0.15) is 58.8 Å². The summed E-state index contributed by atoms with van der Waals surface area (Å²) in [6.07, 6.45) is 3.06. The van der Waals surface area contributed by atoms with Crippen molar-refractivity contribution in [2.75, 3.05) is 18.6 Å². The zero-order chi connectivity index (χ0) is 27.0. The first-order valence-electron chi connectivity index (χ1n) is 11.7. The van der Waals surface area contributed by atoms with E-state index in [4.69, 9.17) is 16.6 Å². The van der Waals surface area contributed by atoms with E-state index in [1.165, 1.54) is 11.8 Å². The van der Waals surface area contributed by atoms with Crippen molar-refractivity contribution >= 4 is 41.4 Å². The standard InChI is InChI=1S/C22H41N5O7S/c1-13(2)12-14(24)19(30)25-16(7-8-18(28)29)21(32)26-15(6-4-5-10-23)20(31)27-17(22(33)34)9-11-35-3/h13-17H,4-12,23-24H2,1-3H3,(H,25,30)(H,26,32)(H,27,31)(H,28,29)(H,33,34). The summed E-state index contributed by atoms with van der Waals surface area (Å²) < 4.78 is 0. The van der Waals surface area contributed by atoms with E-state index in [9.17, 15) is 29.1 Å². The maximum atomic E-state index is 13.0. The van der Waals surface area contributed by atoms with Gasteiger partial charge in [-0.25, -0.2) is 4.79 Å². The van der Waals surface area contributed by atoms with Gasteiger partial charge in [0.1, 0.15) is 18.1 Å². The largest absolute Gasteiger partial charge is 0.481 e. The highest BCUT2D eigenvalue weighted by molar-refractivity contribution is 7.98. The molecule has 0 aliphatic heterocycles. The Morgan fingerprint density at radius 3 is 1.86 bits per heavy atom. The number of unbranched alkanes of at least 4 members (excludes halogenated alkanes) is 1. The first-order chi connectivity index (χ1) is 16.4. The molecule has 0 bridgehead atoms. The third-order valence-corrected chi connectivity index (χ3v) is 5.79. The van der Waals surface area contributed by atoms with Gasteiger partial charge in [-0.15, -0.1) is 0 Å². The molecule has 0 aromatic heterocycles. The van der Waals surface area contributed by atoms with Crippen LogP contribution in [-0.4, -0.2) is 82.6 Å². The fraction of sp³-hybridized carbons (Fsp3) is 0.773. The fourth-order valence-electron chi connectivity index (χ4n) is 3.23. The molecule has 202 valence electrons. The Morgan fingerprint density at radius 1 is 0.829 bits per heavy atom. The molecule has 0 rings (SSSR count). The maximum Gasteiger partial charge on any atom is 0.326 e. The highest BCUT2D eigenvalue weighted by Gasteiger charge is 2.30. The van der Waals surface area contributed by atoms with Gasteiger partial charge in [0.25, 0.3) is 0 Å². The zero-order valence-corrected chi connectivity index (χ0v) is 21.6. The van der Waals surface area contributed by atoms with E-state index in [1.54, 1.807) is 0 Å². The second-order valence-electron chi connectivity index (χ2n) is 8.76. The van der Waals surface area contributed by atoms with Crippen LogP contribution in [0.3, 0.4) is 0 Å². The molecule has 4 unspecified atom stereocenters. The van der Waals surface area contributed by atoms with Crippen LogP contribution in [0.2, 0.25) is 0 Å². The number of aliphatic carboxylic acids is 2. The van der Waals surface area contributed by atoms with Gasteiger partial charge in [0.2, 0.25) is 17.7 Å². The van der Waals surface area contributed by atoms with Crippen LogP contribution in [0.15, 0.2) is 0 Å². The summed E-state index contributed by atoms with van der Waals surface area (Å²) >= 11 is 1.44. The normalized spacial score (nSPS) is 14.5. The molecule has 35 heavy (non-hydrogen) atoms. The molecule has 9 N–H and O–H groups in total. The lowest BCUT2D eigenvalue weighted by Gasteiger charge is -2.25. The van der Waals surface area contributed by atoms with Gasteiger partial charge in [-0.2, -0.15) is 11.8 Å². The maximum absolute atomic E-state index is 13.0. The quantitative estimate of drug-likeness (QED) is 0.110. The molecule has 3 amide bonds. The summed E-state index contributed by atoms with van der Waals surface area (Å²) in [6.45, 7) is 4.14. The van der Waals surface area contributed by atoms with Gasteiger partial charge in [-0.05, 0) is 63.0 Å². The first-order valence-corrected chi connectivity index (χ1v) is 13.1. The SMILES string of the molecule is CSCCC(NC(=O)C(CCCCN)NC(=O)C(CCC(=O)O)NC(=O)C(N)CC(C)C)C(=O)O. The second-order valence-corrected chi connectivity index (χ2v) is 9.74. The average Bonchev–Trinajstić information content (AvgIpc) is 2.77. The summed E-state index contributed by atoms with van der Waals surface area (Å²) in [5.41, 5.74) is 11.4. The smallest absolute Gasteiger partial charge is 0.326 e. The summed E-state index contributed by atoms with van der Waals surface area (Å²) in [5.74, 6) is -3.73. The molecule has 0 radical (unpaired) electrons. The number of thioether (sulfide) groups is 1. The van der Waals surface area contributed by atoms with E-state index in [2.05, 4.69) is 16.0 Å². The number of carbonyl (C=O) groups is 5. The number of carboxylic acid groups (broad SMARTS) is 2. The molecule has 4 atom stereocenters. The minimum atomic E-state index is -1.23. The summed E-state index contributed by atoms with van der Waals surface area (Å²) in [6, 6.07) is -4.32. The Bertz CT molecular complexity index is 708. The van der Waals surface area contributed by atoms with Gasteiger partial charge < -0.3 is 37.6 Å². The minimum Gasteiger partial charge on any atom is -0.481 e. The van der Waals surface area contributed by atoms with Crippen molar-refractivity contribution in [1.82, 2.24) is 16.0 Å². The van der Waals surface area contributed by atoms with Crippen LogP contribution >= 0.6 is 11.8 Å². The summed E-state index contributed by atoms with van der Waals surface area (Å²) in [7, 11) is 0. The van der Waals surface area contributed by atoms with Gasteiger partial charge in [0.05, 0.1) is 6.04 Å². The van der Waals surface area contributed by atoms with Gasteiger partial charge in [-0.1, -0.05) is 13.8 Å². The minimum absolute atomic E-state index is 0.131. The molecule has 0 spiro atoms. The molecule has 0 saturated heterocycles. The van der Waals surface area contributed by atoms with Crippen molar-refractivity contribution in [3.05, 3.63) is 0 Å². The Balaban J connectivity index is 5.53. The topological polar surface area (TPSA) is 214 Å². The number of nitrogens with two attached hydrogens (primary N) is 2. The Kier molecular flexibility index (Phi) is 16.7. The molecular weight excluding hydrogens is 478 g/mol. The number of rotatable bonds is 19. The lowest BCUT2D eigenvalue weighted by Crippen LogP contribution is -2.57. The van der Waals surface area contributed by atoms with E-state index in [0.717, 1.165) is 0 Å². The molecule has 0 fully saturated rings. The molecule has 12 nitrogen and oxygen atoms in total. The zero-order valence-electron chi connectivity index (χ0n) is 20.7. The van der Waals surface area contributed by atoms with Crippen molar-refractivity contribution in [1.29, 1.82) is 0 Å². The molecule has 0 aliphatic rings. The lowest BCUT2D eigenvalue weighted by atomic mass is 10.0. The van der Waals surface area contributed by atoms with Crippen molar-refractivity contribution in [3.8, 4) is 0 Å². The summed E-state index contributed by atoms with van der Waals surface area (Å²) in [5, 5.41) is 25.9. The van der Waals surface area contributed by atoms with Crippen molar-refractivity contribution < 1.29 is 34.2 Å². The van der Waals surface area contributed by atoms with E-state index >= 15 is 0 Å². The Hall–Kier alpha value is -2.38. The highest BCUT2D eigenvalue weighted by atomic mass is 32.2. The molecule has 0 heterocycles. The van der Waals surface area contributed by atoms with E-state index in [0.29, 0.717) is 31.6 Å². The van der Waals surface area contributed by atoms with Crippen molar-refractivity contribution in [3.63, 3.8) is 0 Å². The number of nitrogens with one attached hydrogen (secondary N) is 3. The predicted octanol–water partition coefficient (Wildman–Crippen LogP) is -0.354. The van der Waals surface area contributed by atoms with E-state index < -0.39 is 60.2 Å². The van der Waals surface area contributed by atoms with E-state index in [1.807, 2.05) is 20.1 Å².